The number of amides is 1. The molecule has 1 amide bonds. The summed E-state index contributed by atoms with van der Waals surface area (Å²) < 4.78 is 82.5. The average Bonchev–Trinajstić information content (AvgIpc) is 2.66. The van der Waals surface area contributed by atoms with Crippen LogP contribution in [0.25, 0.3) is 0 Å². The fourth-order valence-electron chi connectivity index (χ4n) is 2.85. The van der Waals surface area contributed by atoms with Gasteiger partial charge in [-0.3, -0.25) is 4.79 Å². The second-order valence-corrected chi connectivity index (χ2v) is 6.92. The number of nitrogens with one attached hydrogen (secondary N) is 1. The summed E-state index contributed by atoms with van der Waals surface area (Å²) in [6.07, 6.45) is -10.8. The molecule has 2 rings (SSSR count). The molecule has 0 aliphatic heterocycles. The minimum Gasteiger partial charge on any atom is -0.467 e. The van der Waals surface area contributed by atoms with Crippen molar-refractivity contribution in [2.75, 3.05) is 7.11 Å². The number of alkyl halides is 6. The third-order valence-electron chi connectivity index (χ3n) is 4.39. The van der Waals surface area contributed by atoms with E-state index in [1.54, 1.807) is 24.3 Å². The van der Waals surface area contributed by atoms with E-state index < -0.39 is 53.4 Å². The summed E-state index contributed by atoms with van der Waals surface area (Å²) in [5.41, 5.74) is -1.88. The first kappa shape index (κ1) is 24.2. The molecule has 0 saturated carbocycles. The number of benzene rings is 2. The summed E-state index contributed by atoms with van der Waals surface area (Å²) >= 11 is 0. The second-order valence-electron chi connectivity index (χ2n) is 6.92. The molecule has 4 nitrogen and oxygen atoms in total. The molecule has 0 radical (unpaired) electrons. The molecule has 168 valence electrons. The lowest BCUT2D eigenvalue weighted by Crippen LogP contribution is -2.43. The maximum Gasteiger partial charge on any atom is 0.416 e. The lowest BCUT2D eigenvalue weighted by molar-refractivity contribution is -0.145. The van der Waals surface area contributed by atoms with Crippen molar-refractivity contribution in [1.29, 1.82) is 0 Å². The third-order valence-corrected chi connectivity index (χ3v) is 4.39. The van der Waals surface area contributed by atoms with Crippen molar-refractivity contribution >= 4 is 11.9 Å². The molecule has 0 bridgehead atoms. The van der Waals surface area contributed by atoms with Gasteiger partial charge < -0.3 is 10.1 Å². The van der Waals surface area contributed by atoms with Crippen molar-refractivity contribution in [2.45, 2.75) is 38.2 Å². The monoisotopic (exact) mass is 447 g/mol. The van der Waals surface area contributed by atoms with Crippen molar-refractivity contribution in [3.05, 3.63) is 70.3 Å². The number of methoxy groups -OCH3 is 1. The molecular formula is C21H19F6NO3. The van der Waals surface area contributed by atoms with E-state index in [-0.39, 0.29) is 12.5 Å². The number of halogens is 6. The molecule has 2 aromatic carbocycles. The molecule has 0 unspecified atom stereocenters. The van der Waals surface area contributed by atoms with Gasteiger partial charge in [0.25, 0.3) is 0 Å². The van der Waals surface area contributed by atoms with Crippen LogP contribution in [-0.2, 0) is 39.5 Å². The Morgan fingerprint density at radius 2 is 1.42 bits per heavy atom. The summed E-state index contributed by atoms with van der Waals surface area (Å²) in [6, 6.07) is 6.78. The highest BCUT2D eigenvalue weighted by atomic mass is 19.4. The molecule has 10 heteroatoms. The number of hydrogen-bond donors (Lipinski definition) is 1. The molecule has 0 aliphatic rings. The Hall–Kier alpha value is -3.04. The van der Waals surface area contributed by atoms with Gasteiger partial charge in [0.05, 0.1) is 24.7 Å². The Balaban J connectivity index is 2.23. The SMILES string of the molecule is COC(=O)[C@H](Cc1ccc(C)cc1)NC(=O)Cc1cc(C(F)(F)F)cc(C(F)(F)F)c1. The van der Waals surface area contributed by atoms with Gasteiger partial charge in [-0.25, -0.2) is 4.79 Å². The van der Waals surface area contributed by atoms with Crippen molar-refractivity contribution in [3.8, 4) is 0 Å². The normalized spacial score (nSPS) is 12.9. The Bertz CT molecular complexity index is 903. The van der Waals surface area contributed by atoms with Crippen LogP contribution in [0.4, 0.5) is 26.3 Å². The number of rotatable bonds is 6. The van der Waals surface area contributed by atoms with Gasteiger partial charge in [0, 0.05) is 6.42 Å². The Morgan fingerprint density at radius 1 is 0.903 bits per heavy atom. The topological polar surface area (TPSA) is 55.4 Å². The van der Waals surface area contributed by atoms with Gasteiger partial charge >= 0.3 is 18.3 Å². The number of hydrogen-bond acceptors (Lipinski definition) is 3. The van der Waals surface area contributed by atoms with E-state index in [2.05, 4.69) is 10.1 Å². The first-order chi connectivity index (χ1) is 14.3. The minimum atomic E-state index is -5.02. The molecule has 0 saturated heterocycles. The zero-order chi connectivity index (χ0) is 23.4. The zero-order valence-electron chi connectivity index (χ0n) is 16.5. The van der Waals surface area contributed by atoms with Gasteiger partial charge in [0.2, 0.25) is 5.91 Å². The van der Waals surface area contributed by atoms with Gasteiger partial charge in [-0.2, -0.15) is 26.3 Å². The molecule has 1 atom stereocenters. The molecule has 0 aliphatic carbocycles. The summed E-state index contributed by atoms with van der Waals surface area (Å²) in [4.78, 5) is 24.3. The predicted molar refractivity (Wildman–Crippen MR) is 99.0 cm³/mol. The summed E-state index contributed by atoms with van der Waals surface area (Å²) in [5.74, 6) is -1.72. The van der Waals surface area contributed by atoms with Crippen molar-refractivity contribution in [1.82, 2.24) is 5.32 Å². The molecule has 0 aromatic heterocycles. The molecule has 2 aromatic rings. The van der Waals surface area contributed by atoms with Crippen LogP contribution in [-0.4, -0.2) is 25.0 Å². The fraction of sp³-hybridized carbons (Fsp3) is 0.333. The Morgan fingerprint density at radius 3 is 1.87 bits per heavy atom. The molecule has 0 fully saturated rings. The van der Waals surface area contributed by atoms with Crippen LogP contribution >= 0.6 is 0 Å². The van der Waals surface area contributed by atoms with Crippen LogP contribution in [0.2, 0.25) is 0 Å². The largest absolute Gasteiger partial charge is 0.467 e. The van der Waals surface area contributed by atoms with Gasteiger partial charge in [-0.1, -0.05) is 29.8 Å². The van der Waals surface area contributed by atoms with E-state index >= 15 is 0 Å². The molecular weight excluding hydrogens is 428 g/mol. The van der Waals surface area contributed by atoms with Crippen LogP contribution in [0.5, 0.6) is 0 Å². The van der Waals surface area contributed by atoms with Crippen molar-refractivity contribution in [3.63, 3.8) is 0 Å². The first-order valence-electron chi connectivity index (χ1n) is 9.00. The number of ether oxygens (including phenoxy) is 1. The van der Waals surface area contributed by atoms with Gasteiger partial charge in [0.1, 0.15) is 6.04 Å². The number of aryl methyl sites for hydroxylation is 1. The van der Waals surface area contributed by atoms with Gasteiger partial charge in [-0.15, -0.1) is 0 Å². The van der Waals surface area contributed by atoms with E-state index in [9.17, 15) is 35.9 Å². The lowest BCUT2D eigenvalue weighted by Gasteiger charge is -2.18. The number of esters is 1. The van der Waals surface area contributed by atoms with E-state index in [1.165, 1.54) is 0 Å². The summed E-state index contributed by atoms with van der Waals surface area (Å²) in [7, 11) is 1.10. The van der Waals surface area contributed by atoms with Crippen molar-refractivity contribution in [2.24, 2.45) is 0 Å². The predicted octanol–water partition coefficient (Wildman–Crippen LogP) is 4.48. The highest BCUT2D eigenvalue weighted by Gasteiger charge is 2.37. The van der Waals surface area contributed by atoms with E-state index in [0.717, 1.165) is 12.7 Å². The van der Waals surface area contributed by atoms with Crippen LogP contribution in [0.1, 0.15) is 27.8 Å². The van der Waals surface area contributed by atoms with Crippen LogP contribution in [0.15, 0.2) is 42.5 Å². The van der Waals surface area contributed by atoms with E-state index in [4.69, 9.17) is 0 Å². The summed E-state index contributed by atoms with van der Waals surface area (Å²) in [5, 5.41) is 2.32. The second kappa shape index (κ2) is 9.40. The molecule has 0 spiro atoms. The number of carbonyl (C=O) groups excluding carboxylic acids is 2. The average molecular weight is 447 g/mol. The van der Waals surface area contributed by atoms with E-state index in [1.807, 2.05) is 6.92 Å². The van der Waals surface area contributed by atoms with Crippen molar-refractivity contribution < 1.29 is 40.7 Å². The molecule has 31 heavy (non-hydrogen) atoms. The van der Waals surface area contributed by atoms with Crippen LogP contribution in [0, 0.1) is 6.92 Å². The molecule has 1 N–H and O–H groups in total. The quantitative estimate of drug-likeness (QED) is 0.525. The number of carbonyl (C=O) groups is 2. The van der Waals surface area contributed by atoms with Gasteiger partial charge in [0.15, 0.2) is 0 Å². The third kappa shape index (κ3) is 7.01. The van der Waals surface area contributed by atoms with Gasteiger partial charge in [-0.05, 0) is 36.2 Å². The lowest BCUT2D eigenvalue weighted by atomic mass is 10.0. The highest BCUT2D eigenvalue weighted by molar-refractivity contribution is 5.85. The Labute approximate surface area is 174 Å². The zero-order valence-corrected chi connectivity index (χ0v) is 16.5. The summed E-state index contributed by atoms with van der Waals surface area (Å²) in [6.45, 7) is 1.85. The van der Waals surface area contributed by atoms with Crippen LogP contribution in [0.3, 0.4) is 0 Å². The standard InChI is InChI=1S/C21H19F6NO3/c1-12-3-5-13(6-4-12)9-17(19(30)31-2)28-18(29)10-14-7-15(20(22,23)24)11-16(8-14)21(25,26)27/h3-8,11,17H,9-10H2,1-2H3,(H,28,29)/t17-/m0/s1. The first-order valence-corrected chi connectivity index (χ1v) is 9.00. The minimum absolute atomic E-state index is 0.0178. The highest BCUT2D eigenvalue weighted by Crippen LogP contribution is 2.36. The smallest absolute Gasteiger partial charge is 0.416 e. The molecule has 0 heterocycles. The van der Waals surface area contributed by atoms with E-state index in [0.29, 0.717) is 17.7 Å². The maximum absolute atomic E-state index is 13.0. The van der Waals surface area contributed by atoms with Crippen LogP contribution < -0.4 is 5.32 Å². The Kier molecular flexibility index (Phi) is 7.35. The fourth-order valence-corrected chi connectivity index (χ4v) is 2.85. The maximum atomic E-state index is 13.0.